The fourth-order valence-electron chi connectivity index (χ4n) is 7.13. The lowest BCUT2D eigenvalue weighted by atomic mass is 9.97. The maximum Gasteiger partial charge on any atom is 0.216 e. The van der Waals surface area contributed by atoms with Crippen LogP contribution in [0.4, 0.5) is 0 Å². The number of aryl methyl sites for hydroxylation is 2. The number of pyridine rings is 1. The van der Waals surface area contributed by atoms with Crippen LogP contribution in [0.1, 0.15) is 26.3 Å². The van der Waals surface area contributed by atoms with Crippen LogP contribution in [-0.4, -0.2) is 8.07 Å². The highest BCUT2D eigenvalue weighted by Crippen LogP contribution is 2.40. The van der Waals surface area contributed by atoms with Gasteiger partial charge < -0.3 is 4.42 Å². The van der Waals surface area contributed by atoms with Crippen molar-refractivity contribution in [3.8, 4) is 22.4 Å². The van der Waals surface area contributed by atoms with Crippen molar-refractivity contribution in [3.63, 3.8) is 0 Å². The maximum absolute atomic E-state index is 6.76. The Morgan fingerprint density at radius 2 is 1.38 bits per heavy atom. The Labute approximate surface area is 249 Å². The van der Waals surface area contributed by atoms with Gasteiger partial charge in [-0.3, -0.25) is 0 Å². The SMILES string of the molecule is CC[Si](CC)(CC)c1ccc(-c2cc[n+](C)c(-c3c(C)ccc4c3oc3cc5c(ccc6ccccc65)cc34)c2)cc1. The van der Waals surface area contributed by atoms with Crippen LogP contribution >= 0.6 is 0 Å². The fraction of sp³-hybridized carbons (Fsp3) is 0.205. The number of fused-ring (bicyclic) bond motifs is 6. The molecule has 0 amide bonds. The monoisotopic (exact) mass is 564 g/mol. The van der Waals surface area contributed by atoms with E-state index < -0.39 is 8.07 Å². The van der Waals surface area contributed by atoms with Gasteiger partial charge in [0.2, 0.25) is 5.69 Å². The standard InChI is InChI=1S/C39H38NOSi/c1-6-42(7-2,8-3)31-18-16-27(17-19-31)29-21-22-40(5)36(24-29)38-26(4)13-20-33-35-23-30-15-14-28-11-9-10-12-32(28)34(30)25-37(35)41-39(33)38/h9-25H,6-8H2,1-5H3/q+1. The van der Waals surface area contributed by atoms with Crippen LogP contribution < -0.4 is 9.75 Å². The van der Waals surface area contributed by atoms with Crippen molar-refractivity contribution in [1.82, 2.24) is 0 Å². The topological polar surface area (TPSA) is 17.0 Å². The summed E-state index contributed by atoms with van der Waals surface area (Å²) in [6.45, 7) is 9.32. The second-order valence-corrected chi connectivity index (χ2v) is 17.2. The Bertz CT molecular complexity index is 2110. The number of furan rings is 1. The predicted molar refractivity (Wildman–Crippen MR) is 182 cm³/mol. The average molecular weight is 565 g/mol. The first-order chi connectivity index (χ1) is 20.5. The minimum Gasteiger partial charge on any atom is -0.455 e. The van der Waals surface area contributed by atoms with E-state index in [2.05, 4.69) is 143 Å². The molecule has 0 saturated carbocycles. The number of benzene rings is 5. The fourth-order valence-corrected chi connectivity index (χ4v) is 10.7. The van der Waals surface area contributed by atoms with Crippen molar-refractivity contribution in [2.75, 3.05) is 0 Å². The third-order valence-electron chi connectivity index (χ3n) is 9.98. The molecule has 208 valence electrons. The zero-order chi connectivity index (χ0) is 29.0. The Hall–Kier alpha value is -4.21. The van der Waals surface area contributed by atoms with Gasteiger partial charge in [0.1, 0.15) is 18.2 Å². The average Bonchev–Trinajstić information content (AvgIpc) is 3.39. The van der Waals surface area contributed by atoms with Gasteiger partial charge in [-0.2, -0.15) is 0 Å². The van der Waals surface area contributed by atoms with Gasteiger partial charge in [-0.1, -0.05) is 117 Å². The van der Waals surface area contributed by atoms with E-state index in [1.54, 1.807) is 5.19 Å². The molecule has 7 aromatic rings. The highest BCUT2D eigenvalue weighted by atomic mass is 28.3. The molecule has 0 aliphatic rings. The molecule has 2 heterocycles. The summed E-state index contributed by atoms with van der Waals surface area (Å²) >= 11 is 0. The second kappa shape index (κ2) is 10.3. The molecule has 0 fully saturated rings. The van der Waals surface area contributed by atoms with E-state index in [1.165, 1.54) is 61.8 Å². The van der Waals surface area contributed by atoms with E-state index >= 15 is 0 Å². The normalized spacial score (nSPS) is 12.2. The van der Waals surface area contributed by atoms with Crippen molar-refractivity contribution in [2.24, 2.45) is 7.05 Å². The number of hydrogen-bond donors (Lipinski definition) is 0. The van der Waals surface area contributed by atoms with Gasteiger partial charge in [0.25, 0.3) is 0 Å². The van der Waals surface area contributed by atoms with Crippen LogP contribution in [0.2, 0.25) is 18.1 Å². The molecule has 2 nitrogen and oxygen atoms in total. The number of hydrogen-bond acceptors (Lipinski definition) is 1. The van der Waals surface area contributed by atoms with E-state index in [-0.39, 0.29) is 0 Å². The minimum atomic E-state index is -1.39. The van der Waals surface area contributed by atoms with Gasteiger partial charge in [-0.05, 0) is 57.3 Å². The Morgan fingerprint density at radius 1 is 0.643 bits per heavy atom. The number of nitrogens with zero attached hydrogens (tertiary/aromatic N) is 1. The van der Waals surface area contributed by atoms with Crippen molar-refractivity contribution >= 4 is 56.7 Å². The Morgan fingerprint density at radius 3 is 2.14 bits per heavy atom. The van der Waals surface area contributed by atoms with Crippen LogP contribution in [0.5, 0.6) is 0 Å². The highest BCUT2D eigenvalue weighted by molar-refractivity contribution is 6.91. The van der Waals surface area contributed by atoms with Gasteiger partial charge in [0.15, 0.2) is 6.20 Å². The molecule has 0 unspecified atom stereocenters. The zero-order valence-corrected chi connectivity index (χ0v) is 26.3. The largest absolute Gasteiger partial charge is 0.455 e. The second-order valence-electron chi connectivity index (χ2n) is 11.9. The summed E-state index contributed by atoms with van der Waals surface area (Å²) in [5.74, 6) is 0. The van der Waals surface area contributed by atoms with E-state index in [9.17, 15) is 0 Å². The molecule has 0 aliphatic heterocycles. The van der Waals surface area contributed by atoms with Crippen molar-refractivity contribution < 1.29 is 8.98 Å². The van der Waals surface area contributed by atoms with Crippen LogP contribution in [0.25, 0.3) is 65.9 Å². The van der Waals surface area contributed by atoms with E-state index in [4.69, 9.17) is 4.42 Å². The van der Waals surface area contributed by atoms with Gasteiger partial charge in [0.05, 0.1) is 13.6 Å². The highest BCUT2D eigenvalue weighted by Gasteiger charge is 2.29. The molecule has 0 saturated heterocycles. The maximum atomic E-state index is 6.76. The van der Waals surface area contributed by atoms with E-state index in [0.717, 1.165) is 27.8 Å². The molecular formula is C39H38NOSi+. The molecule has 0 bridgehead atoms. The van der Waals surface area contributed by atoms with Gasteiger partial charge in [-0.15, -0.1) is 0 Å². The summed E-state index contributed by atoms with van der Waals surface area (Å²) in [7, 11) is 0.738. The first-order valence-electron chi connectivity index (χ1n) is 15.3. The summed E-state index contributed by atoms with van der Waals surface area (Å²) in [5.41, 5.74) is 7.92. The summed E-state index contributed by atoms with van der Waals surface area (Å²) in [5, 5.41) is 8.90. The third kappa shape index (κ3) is 4.10. The number of aromatic nitrogens is 1. The lowest BCUT2D eigenvalue weighted by Gasteiger charge is -2.28. The van der Waals surface area contributed by atoms with Gasteiger partial charge in [0, 0.05) is 22.9 Å². The Balaban J connectivity index is 1.39. The molecule has 0 radical (unpaired) electrons. The molecule has 0 spiro atoms. The molecule has 5 aromatic carbocycles. The molecule has 42 heavy (non-hydrogen) atoms. The molecule has 7 rings (SSSR count). The smallest absolute Gasteiger partial charge is 0.216 e. The minimum absolute atomic E-state index is 0.936. The summed E-state index contributed by atoms with van der Waals surface area (Å²) in [6.07, 6.45) is 2.18. The molecule has 0 atom stereocenters. The summed E-state index contributed by atoms with van der Waals surface area (Å²) < 4.78 is 8.98. The third-order valence-corrected chi connectivity index (χ3v) is 15.6. The van der Waals surface area contributed by atoms with Crippen LogP contribution in [0.3, 0.4) is 0 Å². The first-order valence-corrected chi connectivity index (χ1v) is 18.0. The zero-order valence-electron chi connectivity index (χ0n) is 25.3. The molecule has 3 heteroatoms. The van der Waals surface area contributed by atoms with Crippen molar-refractivity contribution in [3.05, 3.63) is 109 Å². The van der Waals surface area contributed by atoms with E-state index in [0.29, 0.717) is 0 Å². The van der Waals surface area contributed by atoms with Crippen molar-refractivity contribution in [1.29, 1.82) is 0 Å². The van der Waals surface area contributed by atoms with Crippen LogP contribution in [0.15, 0.2) is 108 Å². The van der Waals surface area contributed by atoms with Gasteiger partial charge >= 0.3 is 0 Å². The van der Waals surface area contributed by atoms with E-state index in [1.807, 2.05) is 0 Å². The molecule has 0 aliphatic carbocycles. The predicted octanol–water partition coefficient (Wildman–Crippen LogP) is 10.1. The lowest BCUT2D eigenvalue weighted by Crippen LogP contribution is -2.45. The quantitative estimate of drug-likeness (QED) is 0.112. The lowest BCUT2D eigenvalue weighted by molar-refractivity contribution is -0.660. The summed E-state index contributed by atoms with van der Waals surface area (Å²) in [6, 6.07) is 40.0. The molecular weight excluding hydrogens is 527 g/mol. The van der Waals surface area contributed by atoms with Crippen molar-refractivity contribution in [2.45, 2.75) is 45.8 Å². The Kier molecular flexibility index (Phi) is 6.51. The van der Waals surface area contributed by atoms with Crippen LogP contribution in [0, 0.1) is 6.92 Å². The summed E-state index contributed by atoms with van der Waals surface area (Å²) in [4.78, 5) is 0. The first kappa shape index (κ1) is 26.7. The molecule has 2 aromatic heterocycles. The van der Waals surface area contributed by atoms with Gasteiger partial charge in [-0.25, -0.2) is 4.57 Å². The van der Waals surface area contributed by atoms with Crippen LogP contribution in [-0.2, 0) is 7.05 Å². The number of rotatable bonds is 6. The molecule has 0 N–H and O–H groups in total.